The molecule has 158 valence electrons. The van der Waals surface area contributed by atoms with Crippen LogP contribution >= 0.6 is 0 Å². The van der Waals surface area contributed by atoms with Gasteiger partial charge in [0.1, 0.15) is 17.1 Å². The lowest BCUT2D eigenvalue weighted by Gasteiger charge is -2.28. The zero-order chi connectivity index (χ0) is 22.3. The van der Waals surface area contributed by atoms with Gasteiger partial charge in [-0.25, -0.2) is 9.18 Å². The van der Waals surface area contributed by atoms with Gasteiger partial charge in [0.25, 0.3) is 5.56 Å². The third-order valence-corrected chi connectivity index (χ3v) is 5.81. The van der Waals surface area contributed by atoms with E-state index in [1.165, 1.54) is 16.7 Å². The van der Waals surface area contributed by atoms with E-state index in [1.807, 2.05) is 12.1 Å². The molecule has 0 aliphatic carbocycles. The molecule has 0 bridgehead atoms. The van der Waals surface area contributed by atoms with Crippen molar-refractivity contribution in [2.45, 2.75) is 12.0 Å². The molecule has 0 spiro atoms. The number of nitrogens with zero attached hydrogens (tertiary/aromatic N) is 1. The van der Waals surface area contributed by atoms with Gasteiger partial charge in [-0.2, -0.15) is 0 Å². The van der Waals surface area contributed by atoms with Gasteiger partial charge in [-0.15, -0.1) is 0 Å². The number of hydrogen-bond donors (Lipinski definition) is 2. The molecule has 2 N–H and O–H groups in total. The van der Waals surface area contributed by atoms with Crippen molar-refractivity contribution in [3.63, 3.8) is 0 Å². The second-order valence-corrected chi connectivity index (χ2v) is 7.63. The van der Waals surface area contributed by atoms with Gasteiger partial charge in [0.15, 0.2) is 0 Å². The average molecular weight is 427 g/mol. The second kappa shape index (κ2) is 7.46. The average Bonchev–Trinajstić information content (AvgIpc) is 3.13. The Balaban J connectivity index is 1.81. The number of halogens is 1. The van der Waals surface area contributed by atoms with E-state index in [0.717, 1.165) is 0 Å². The van der Waals surface area contributed by atoms with Crippen LogP contribution in [0.1, 0.15) is 22.3 Å². The fourth-order valence-corrected chi connectivity index (χ4v) is 4.38. The number of fused-ring (bicyclic) bond motifs is 1. The fraction of sp³-hybridized carbons (Fsp3) is 0.0800. The van der Waals surface area contributed by atoms with Crippen molar-refractivity contribution >= 4 is 11.7 Å². The van der Waals surface area contributed by atoms with Crippen LogP contribution in [0, 0.1) is 5.82 Å². The van der Waals surface area contributed by atoms with Crippen LogP contribution in [-0.2, 0) is 16.8 Å². The van der Waals surface area contributed by atoms with Gasteiger partial charge >= 0.3 is 5.69 Å². The van der Waals surface area contributed by atoms with Gasteiger partial charge in [-0.05, 0) is 28.8 Å². The molecule has 0 saturated carbocycles. The number of rotatable bonds is 4. The number of aromatic amines is 1. The van der Waals surface area contributed by atoms with Gasteiger partial charge < -0.3 is 5.32 Å². The number of H-pyrrole nitrogens is 1. The standard InChI is InChI=1S/C25H18FN3O3/c26-19-13-11-16(12-14-19)15-29-21-20(22(30)28-24(29)32)25(23(31)27-21,17-7-3-1-4-8-17)18-9-5-2-6-10-18/h1-14H,15H2,(H,27,31)(H,28,30,32). The van der Waals surface area contributed by atoms with E-state index in [4.69, 9.17) is 0 Å². The lowest BCUT2D eigenvalue weighted by atomic mass is 9.71. The predicted octanol–water partition coefficient (Wildman–Crippen LogP) is 3.01. The minimum Gasteiger partial charge on any atom is -0.310 e. The van der Waals surface area contributed by atoms with Crippen molar-refractivity contribution in [1.82, 2.24) is 9.55 Å². The molecule has 5 rings (SSSR count). The number of hydrogen-bond acceptors (Lipinski definition) is 3. The Bertz CT molecular complexity index is 1390. The molecular weight excluding hydrogens is 409 g/mol. The predicted molar refractivity (Wildman–Crippen MR) is 118 cm³/mol. The highest BCUT2D eigenvalue weighted by molar-refractivity contribution is 6.10. The van der Waals surface area contributed by atoms with Crippen molar-refractivity contribution in [2.24, 2.45) is 0 Å². The van der Waals surface area contributed by atoms with E-state index < -0.39 is 28.4 Å². The summed E-state index contributed by atoms with van der Waals surface area (Å²) in [6.07, 6.45) is 0. The molecule has 1 aliphatic heterocycles. The molecule has 0 atom stereocenters. The summed E-state index contributed by atoms with van der Waals surface area (Å²) >= 11 is 0. The molecule has 7 heteroatoms. The van der Waals surface area contributed by atoms with Crippen LogP contribution in [0.15, 0.2) is 94.5 Å². The van der Waals surface area contributed by atoms with Crippen molar-refractivity contribution < 1.29 is 9.18 Å². The summed E-state index contributed by atoms with van der Waals surface area (Å²) in [6.45, 7) is 0.0537. The third kappa shape index (κ3) is 2.90. The SMILES string of the molecule is O=C1Nc2c(c(=O)[nH]c(=O)n2Cc2ccc(F)cc2)C1(c1ccccc1)c1ccccc1. The summed E-state index contributed by atoms with van der Waals surface area (Å²) in [5, 5.41) is 2.80. The minimum absolute atomic E-state index is 0.0537. The molecule has 32 heavy (non-hydrogen) atoms. The smallest absolute Gasteiger partial charge is 0.310 e. The van der Waals surface area contributed by atoms with Gasteiger partial charge in [0.2, 0.25) is 5.91 Å². The maximum absolute atomic E-state index is 13.6. The Morgan fingerprint density at radius 3 is 1.91 bits per heavy atom. The van der Waals surface area contributed by atoms with Gasteiger partial charge in [0.05, 0.1) is 12.1 Å². The molecular formula is C25H18FN3O3. The largest absolute Gasteiger partial charge is 0.330 e. The highest BCUT2D eigenvalue weighted by Gasteiger charge is 2.53. The Labute approximate surface area is 182 Å². The number of carbonyl (C=O) groups is 1. The quantitative estimate of drug-likeness (QED) is 0.525. The zero-order valence-electron chi connectivity index (χ0n) is 16.8. The van der Waals surface area contributed by atoms with Crippen molar-refractivity contribution in [3.8, 4) is 0 Å². The molecule has 6 nitrogen and oxygen atoms in total. The van der Waals surface area contributed by atoms with E-state index in [1.54, 1.807) is 60.7 Å². The first kappa shape index (κ1) is 19.7. The third-order valence-electron chi connectivity index (χ3n) is 5.81. The molecule has 0 fully saturated rings. The summed E-state index contributed by atoms with van der Waals surface area (Å²) in [6, 6.07) is 23.7. The maximum atomic E-state index is 13.6. The highest BCUT2D eigenvalue weighted by Crippen LogP contribution is 2.45. The Hall–Kier alpha value is -4.26. The molecule has 1 amide bonds. The van der Waals surface area contributed by atoms with E-state index >= 15 is 0 Å². The molecule has 3 aromatic carbocycles. The van der Waals surface area contributed by atoms with E-state index in [0.29, 0.717) is 16.7 Å². The summed E-state index contributed by atoms with van der Waals surface area (Å²) in [7, 11) is 0. The van der Waals surface area contributed by atoms with Crippen molar-refractivity contribution in [2.75, 3.05) is 5.32 Å². The zero-order valence-corrected chi connectivity index (χ0v) is 16.8. The Kier molecular flexibility index (Phi) is 4.59. The van der Waals surface area contributed by atoms with Crippen LogP contribution in [0.4, 0.5) is 10.2 Å². The van der Waals surface area contributed by atoms with Crippen LogP contribution < -0.4 is 16.6 Å². The Morgan fingerprint density at radius 2 is 1.34 bits per heavy atom. The van der Waals surface area contributed by atoms with Crippen molar-refractivity contribution in [3.05, 3.63) is 134 Å². The topological polar surface area (TPSA) is 84.0 Å². The number of amides is 1. The lowest BCUT2D eigenvalue weighted by molar-refractivity contribution is -0.118. The van der Waals surface area contributed by atoms with E-state index in [9.17, 15) is 18.8 Å². The first-order valence-electron chi connectivity index (χ1n) is 10.1. The summed E-state index contributed by atoms with van der Waals surface area (Å²) in [4.78, 5) is 41.9. The molecule has 0 saturated heterocycles. The summed E-state index contributed by atoms with van der Waals surface area (Å²) in [5.74, 6) is -0.678. The highest BCUT2D eigenvalue weighted by atomic mass is 19.1. The maximum Gasteiger partial charge on any atom is 0.330 e. The second-order valence-electron chi connectivity index (χ2n) is 7.63. The molecule has 2 heterocycles. The number of anilines is 1. The molecule has 4 aromatic rings. The van der Waals surface area contributed by atoms with Crippen LogP contribution in [0.25, 0.3) is 0 Å². The van der Waals surface area contributed by atoms with E-state index in [-0.39, 0.29) is 17.9 Å². The monoisotopic (exact) mass is 427 g/mol. The lowest BCUT2D eigenvalue weighted by Crippen LogP contribution is -2.41. The first-order chi connectivity index (χ1) is 15.5. The Morgan fingerprint density at radius 1 is 0.781 bits per heavy atom. The number of carbonyl (C=O) groups excluding carboxylic acids is 1. The van der Waals surface area contributed by atoms with Gasteiger partial charge in [-0.3, -0.25) is 19.1 Å². The van der Waals surface area contributed by atoms with Gasteiger partial charge in [-0.1, -0.05) is 72.8 Å². The normalized spacial score (nSPS) is 14.1. The molecule has 0 radical (unpaired) electrons. The van der Waals surface area contributed by atoms with Crippen LogP contribution in [0.2, 0.25) is 0 Å². The molecule has 0 unspecified atom stereocenters. The van der Waals surface area contributed by atoms with Crippen LogP contribution in [0.3, 0.4) is 0 Å². The number of benzene rings is 3. The molecule has 1 aromatic heterocycles. The molecule has 1 aliphatic rings. The van der Waals surface area contributed by atoms with Crippen LogP contribution in [-0.4, -0.2) is 15.5 Å². The summed E-state index contributed by atoms with van der Waals surface area (Å²) < 4.78 is 14.6. The van der Waals surface area contributed by atoms with Gasteiger partial charge in [0, 0.05) is 0 Å². The van der Waals surface area contributed by atoms with E-state index in [2.05, 4.69) is 10.3 Å². The first-order valence-corrected chi connectivity index (χ1v) is 10.1. The number of nitrogens with one attached hydrogen (secondary N) is 2. The van der Waals surface area contributed by atoms with Crippen molar-refractivity contribution in [1.29, 1.82) is 0 Å². The summed E-state index contributed by atoms with van der Waals surface area (Å²) in [5.41, 5.74) is -0.693. The van der Waals surface area contributed by atoms with Crippen LogP contribution in [0.5, 0.6) is 0 Å². The fourth-order valence-electron chi connectivity index (χ4n) is 4.38. The minimum atomic E-state index is -1.43. The number of aromatic nitrogens is 2.